The number of piperidine rings is 1. The molecule has 0 aromatic heterocycles. The highest BCUT2D eigenvalue weighted by Gasteiger charge is 2.43. The smallest absolute Gasteiger partial charge is 0.0563 e. The standard InChI is InChI=1S/C11H19NS/c1-2-6-10-9(5-1)12-8-4-3-7-11(12)13-10/h9-11H,1-8H2. The SMILES string of the molecule is C1CCC2C(C1)SC1CCCCN12. The summed E-state index contributed by atoms with van der Waals surface area (Å²) < 4.78 is 0. The third-order valence-electron chi connectivity index (χ3n) is 3.91. The summed E-state index contributed by atoms with van der Waals surface area (Å²) >= 11 is 2.30. The number of thioether (sulfide) groups is 1. The maximum Gasteiger partial charge on any atom is 0.0563 e. The summed E-state index contributed by atoms with van der Waals surface area (Å²) in [6, 6.07) is 0.976. The van der Waals surface area contributed by atoms with Crippen LogP contribution >= 0.6 is 11.8 Å². The molecule has 1 nitrogen and oxygen atoms in total. The minimum absolute atomic E-state index is 0.918. The van der Waals surface area contributed by atoms with Gasteiger partial charge in [0.15, 0.2) is 0 Å². The van der Waals surface area contributed by atoms with E-state index in [-0.39, 0.29) is 0 Å². The van der Waals surface area contributed by atoms with Crippen molar-refractivity contribution >= 4 is 11.8 Å². The lowest BCUT2D eigenvalue weighted by Gasteiger charge is -2.35. The predicted octanol–water partition coefficient (Wildman–Crippen LogP) is 2.86. The molecule has 0 spiro atoms. The summed E-state index contributed by atoms with van der Waals surface area (Å²) in [5, 5.41) is 1.93. The monoisotopic (exact) mass is 197 g/mol. The minimum Gasteiger partial charge on any atom is -0.287 e. The van der Waals surface area contributed by atoms with E-state index < -0.39 is 0 Å². The molecule has 3 fully saturated rings. The highest BCUT2D eigenvalue weighted by atomic mass is 32.2. The van der Waals surface area contributed by atoms with Gasteiger partial charge in [0.2, 0.25) is 0 Å². The Labute approximate surface area is 85.3 Å². The van der Waals surface area contributed by atoms with Gasteiger partial charge in [0.05, 0.1) is 5.37 Å². The van der Waals surface area contributed by atoms with Crippen LogP contribution in [-0.4, -0.2) is 28.1 Å². The Balaban J connectivity index is 1.76. The Hall–Kier alpha value is 0.310. The molecule has 2 heterocycles. The number of rotatable bonds is 0. The lowest BCUT2D eigenvalue weighted by molar-refractivity contribution is 0.138. The first-order valence-corrected chi connectivity index (χ1v) is 6.80. The molecule has 0 aromatic carbocycles. The molecule has 2 aliphatic heterocycles. The second-order valence-corrected chi connectivity index (χ2v) is 6.14. The topological polar surface area (TPSA) is 3.24 Å². The third kappa shape index (κ3) is 1.42. The van der Waals surface area contributed by atoms with Crippen LogP contribution in [0, 0.1) is 0 Å². The van der Waals surface area contributed by atoms with Crippen LogP contribution in [0.5, 0.6) is 0 Å². The van der Waals surface area contributed by atoms with E-state index in [1.54, 1.807) is 0 Å². The first-order chi connectivity index (χ1) is 6.45. The summed E-state index contributed by atoms with van der Waals surface area (Å²) in [6.07, 6.45) is 10.4. The van der Waals surface area contributed by atoms with Crippen molar-refractivity contribution in [2.45, 2.75) is 61.6 Å². The van der Waals surface area contributed by atoms with Crippen LogP contribution in [-0.2, 0) is 0 Å². The van der Waals surface area contributed by atoms with Gasteiger partial charge in [-0.3, -0.25) is 4.90 Å². The van der Waals surface area contributed by atoms with Crippen molar-refractivity contribution in [1.29, 1.82) is 0 Å². The Kier molecular flexibility index (Phi) is 2.30. The molecule has 3 rings (SSSR count). The molecule has 2 heteroatoms. The Morgan fingerprint density at radius 1 is 0.923 bits per heavy atom. The number of fused-ring (bicyclic) bond motifs is 3. The fourth-order valence-electron chi connectivity index (χ4n) is 3.27. The molecule has 0 bridgehead atoms. The second kappa shape index (κ2) is 3.47. The summed E-state index contributed by atoms with van der Waals surface area (Å²) in [7, 11) is 0. The zero-order chi connectivity index (χ0) is 8.67. The molecule has 3 unspecified atom stereocenters. The molecule has 74 valence electrons. The van der Waals surface area contributed by atoms with Gasteiger partial charge in [-0.05, 0) is 38.6 Å². The Morgan fingerprint density at radius 2 is 1.77 bits per heavy atom. The van der Waals surface area contributed by atoms with Crippen molar-refractivity contribution < 1.29 is 0 Å². The van der Waals surface area contributed by atoms with Gasteiger partial charge in [0, 0.05) is 11.3 Å². The lowest BCUT2D eigenvalue weighted by Crippen LogP contribution is -2.42. The molecule has 0 radical (unpaired) electrons. The third-order valence-corrected chi connectivity index (χ3v) is 5.63. The highest BCUT2D eigenvalue weighted by Crippen LogP contribution is 2.46. The number of hydrogen-bond acceptors (Lipinski definition) is 2. The van der Waals surface area contributed by atoms with Crippen LogP contribution in [0.25, 0.3) is 0 Å². The first kappa shape index (κ1) is 8.60. The second-order valence-electron chi connectivity index (χ2n) is 4.71. The first-order valence-electron chi connectivity index (χ1n) is 5.86. The maximum absolute atomic E-state index is 2.83. The van der Waals surface area contributed by atoms with Crippen molar-refractivity contribution in [1.82, 2.24) is 4.90 Å². The van der Waals surface area contributed by atoms with Crippen LogP contribution in [0.2, 0.25) is 0 Å². The van der Waals surface area contributed by atoms with E-state index in [1.165, 1.54) is 51.5 Å². The highest BCUT2D eigenvalue weighted by molar-refractivity contribution is 8.00. The van der Waals surface area contributed by atoms with Crippen LogP contribution in [0.15, 0.2) is 0 Å². The van der Waals surface area contributed by atoms with E-state index >= 15 is 0 Å². The van der Waals surface area contributed by atoms with E-state index in [2.05, 4.69) is 16.7 Å². The van der Waals surface area contributed by atoms with Crippen LogP contribution in [0.4, 0.5) is 0 Å². The van der Waals surface area contributed by atoms with Gasteiger partial charge in [-0.1, -0.05) is 12.8 Å². The fourth-order valence-corrected chi connectivity index (χ4v) is 5.17. The van der Waals surface area contributed by atoms with Gasteiger partial charge in [-0.15, -0.1) is 11.8 Å². The predicted molar refractivity (Wildman–Crippen MR) is 58.0 cm³/mol. The molecule has 0 aromatic rings. The zero-order valence-electron chi connectivity index (χ0n) is 8.24. The van der Waals surface area contributed by atoms with Crippen molar-refractivity contribution in [3.05, 3.63) is 0 Å². The quantitative estimate of drug-likeness (QED) is 0.587. The van der Waals surface area contributed by atoms with Crippen LogP contribution in [0.1, 0.15) is 44.9 Å². The van der Waals surface area contributed by atoms with E-state index in [0.717, 1.165) is 16.7 Å². The molecule has 3 atom stereocenters. The van der Waals surface area contributed by atoms with E-state index in [1.807, 2.05) is 0 Å². The number of nitrogens with zero attached hydrogens (tertiary/aromatic N) is 1. The molecule has 1 saturated carbocycles. The van der Waals surface area contributed by atoms with Crippen LogP contribution < -0.4 is 0 Å². The van der Waals surface area contributed by atoms with Crippen molar-refractivity contribution in [2.75, 3.05) is 6.54 Å². The fraction of sp³-hybridized carbons (Fsp3) is 1.00. The molecule has 0 amide bonds. The van der Waals surface area contributed by atoms with Gasteiger partial charge in [-0.25, -0.2) is 0 Å². The van der Waals surface area contributed by atoms with Gasteiger partial charge < -0.3 is 0 Å². The van der Waals surface area contributed by atoms with Crippen molar-refractivity contribution in [3.63, 3.8) is 0 Å². The summed E-state index contributed by atoms with van der Waals surface area (Å²) in [6.45, 7) is 1.40. The largest absolute Gasteiger partial charge is 0.287 e. The van der Waals surface area contributed by atoms with Gasteiger partial charge >= 0.3 is 0 Å². The maximum atomic E-state index is 2.83. The average Bonchev–Trinajstić information content (AvgIpc) is 2.56. The molecular formula is C11H19NS. The Bertz CT molecular complexity index is 175. The lowest BCUT2D eigenvalue weighted by atomic mass is 9.92. The van der Waals surface area contributed by atoms with Crippen LogP contribution in [0.3, 0.4) is 0 Å². The summed E-state index contributed by atoms with van der Waals surface area (Å²) in [4.78, 5) is 2.83. The molecule has 1 aliphatic carbocycles. The van der Waals surface area contributed by atoms with E-state index in [9.17, 15) is 0 Å². The van der Waals surface area contributed by atoms with Crippen molar-refractivity contribution in [2.24, 2.45) is 0 Å². The van der Waals surface area contributed by atoms with E-state index in [4.69, 9.17) is 0 Å². The number of hydrogen-bond donors (Lipinski definition) is 0. The van der Waals surface area contributed by atoms with Crippen molar-refractivity contribution in [3.8, 4) is 0 Å². The summed E-state index contributed by atoms with van der Waals surface area (Å²) in [5.74, 6) is 0. The zero-order valence-corrected chi connectivity index (χ0v) is 9.06. The average molecular weight is 197 g/mol. The molecule has 3 aliphatic rings. The molecule has 13 heavy (non-hydrogen) atoms. The van der Waals surface area contributed by atoms with Gasteiger partial charge in [-0.2, -0.15) is 0 Å². The Morgan fingerprint density at radius 3 is 2.77 bits per heavy atom. The van der Waals surface area contributed by atoms with Gasteiger partial charge in [0.25, 0.3) is 0 Å². The molecule has 0 N–H and O–H groups in total. The normalized spacial score (nSPS) is 45.7. The van der Waals surface area contributed by atoms with E-state index in [0.29, 0.717) is 0 Å². The van der Waals surface area contributed by atoms with Gasteiger partial charge in [0.1, 0.15) is 0 Å². The minimum atomic E-state index is 0.918. The molecular weight excluding hydrogens is 178 g/mol. The molecule has 2 saturated heterocycles. The summed E-state index contributed by atoms with van der Waals surface area (Å²) in [5.41, 5.74) is 0.